The standard InChI is InChI=1S/C13H18Cl2N2O3S/c1-13(2,3)16-11(18)8-17(4)21(19,20)10-7-5-6-9(14)12(10)15/h5-7H,8H2,1-4H3,(H,16,18). The van der Waals surface area contributed by atoms with Gasteiger partial charge in [0.2, 0.25) is 15.9 Å². The fourth-order valence-electron chi connectivity index (χ4n) is 1.60. The molecule has 0 aliphatic rings. The molecule has 0 bridgehead atoms. The second-order valence-electron chi connectivity index (χ2n) is 5.61. The van der Waals surface area contributed by atoms with Crippen LogP contribution in [0.2, 0.25) is 10.0 Å². The normalized spacial score (nSPS) is 12.5. The monoisotopic (exact) mass is 352 g/mol. The predicted molar refractivity (Wildman–Crippen MR) is 84.2 cm³/mol. The smallest absolute Gasteiger partial charge is 0.244 e. The van der Waals surface area contributed by atoms with Crippen molar-refractivity contribution in [1.82, 2.24) is 9.62 Å². The summed E-state index contributed by atoms with van der Waals surface area (Å²) in [6.45, 7) is 5.14. The van der Waals surface area contributed by atoms with Crippen molar-refractivity contribution in [3.63, 3.8) is 0 Å². The van der Waals surface area contributed by atoms with E-state index in [2.05, 4.69) is 5.32 Å². The van der Waals surface area contributed by atoms with Crippen LogP contribution in [-0.2, 0) is 14.8 Å². The van der Waals surface area contributed by atoms with E-state index in [9.17, 15) is 13.2 Å². The number of benzene rings is 1. The van der Waals surface area contributed by atoms with E-state index in [0.717, 1.165) is 4.31 Å². The average Bonchev–Trinajstić information content (AvgIpc) is 2.29. The van der Waals surface area contributed by atoms with Crippen molar-refractivity contribution in [3.8, 4) is 0 Å². The minimum Gasteiger partial charge on any atom is -0.350 e. The Kier molecular flexibility index (Phi) is 5.66. The van der Waals surface area contributed by atoms with Crippen molar-refractivity contribution in [3.05, 3.63) is 28.2 Å². The zero-order valence-electron chi connectivity index (χ0n) is 12.3. The van der Waals surface area contributed by atoms with Crippen LogP contribution in [-0.4, -0.2) is 37.8 Å². The molecule has 0 fully saturated rings. The van der Waals surface area contributed by atoms with Gasteiger partial charge in [-0.25, -0.2) is 8.42 Å². The first-order valence-corrected chi connectivity index (χ1v) is 8.36. The number of sulfonamides is 1. The van der Waals surface area contributed by atoms with Gasteiger partial charge >= 0.3 is 0 Å². The lowest BCUT2D eigenvalue weighted by molar-refractivity contribution is -0.122. The molecule has 0 saturated heterocycles. The molecule has 118 valence electrons. The van der Waals surface area contributed by atoms with Gasteiger partial charge in [-0.3, -0.25) is 4.79 Å². The van der Waals surface area contributed by atoms with E-state index in [1.165, 1.54) is 25.2 Å². The number of amides is 1. The molecule has 21 heavy (non-hydrogen) atoms. The number of hydrogen-bond acceptors (Lipinski definition) is 3. The van der Waals surface area contributed by atoms with E-state index in [4.69, 9.17) is 23.2 Å². The van der Waals surface area contributed by atoms with Gasteiger partial charge in [0.15, 0.2) is 0 Å². The highest BCUT2D eigenvalue weighted by atomic mass is 35.5. The zero-order chi connectivity index (χ0) is 16.4. The number of carbonyl (C=O) groups is 1. The summed E-state index contributed by atoms with van der Waals surface area (Å²) in [6.07, 6.45) is 0. The van der Waals surface area contributed by atoms with Crippen LogP contribution in [0, 0.1) is 0 Å². The number of carbonyl (C=O) groups excluding carboxylic acids is 1. The topological polar surface area (TPSA) is 66.5 Å². The summed E-state index contributed by atoms with van der Waals surface area (Å²) in [4.78, 5) is 11.7. The molecule has 0 unspecified atom stereocenters. The SMILES string of the molecule is CN(CC(=O)NC(C)(C)C)S(=O)(=O)c1cccc(Cl)c1Cl. The van der Waals surface area contributed by atoms with Gasteiger partial charge in [0.1, 0.15) is 4.90 Å². The molecule has 0 saturated carbocycles. The van der Waals surface area contributed by atoms with Crippen molar-refractivity contribution in [1.29, 1.82) is 0 Å². The maximum Gasteiger partial charge on any atom is 0.244 e. The van der Waals surface area contributed by atoms with E-state index in [-0.39, 0.29) is 21.5 Å². The number of halogens is 2. The molecule has 0 aliphatic carbocycles. The molecule has 8 heteroatoms. The Hall–Kier alpha value is -0.820. The largest absolute Gasteiger partial charge is 0.350 e. The van der Waals surface area contributed by atoms with Gasteiger partial charge in [-0.2, -0.15) is 4.31 Å². The molecule has 0 atom stereocenters. The summed E-state index contributed by atoms with van der Waals surface area (Å²) in [5.41, 5.74) is -0.435. The highest BCUT2D eigenvalue weighted by Gasteiger charge is 2.27. The van der Waals surface area contributed by atoms with E-state index in [1.807, 2.05) is 20.8 Å². The van der Waals surface area contributed by atoms with E-state index < -0.39 is 21.5 Å². The fourth-order valence-corrected chi connectivity index (χ4v) is 3.46. The second kappa shape index (κ2) is 6.52. The number of nitrogens with one attached hydrogen (secondary N) is 1. The van der Waals surface area contributed by atoms with Gasteiger partial charge in [0.25, 0.3) is 0 Å². The Balaban J connectivity index is 2.98. The van der Waals surface area contributed by atoms with Crippen LogP contribution < -0.4 is 5.32 Å². The average molecular weight is 353 g/mol. The van der Waals surface area contributed by atoms with Crippen LogP contribution in [0.3, 0.4) is 0 Å². The van der Waals surface area contributed by atoms with Crippen molar-refractivity contribution in [2.45, 2.75) is 31.2 Å². The molecule has 5 nitrogen and oxygen atoms in total. The molecular weight excluding hydrogens is 335 g/mol. The van der Waals surface area contributed by atoms with Crippen LogP contribution >= 0.6 is 23.2 Å². The lowest BCUT2D eigenvalue weighted by Crippen LogP contribution is -2.46. The van der Waals surface area contributed by atoms with Gasteiger partial charge in [-0.05, 0) is 32.9 Å². The maximum absolute atomic E-state index is 12.4. The molecule has 0 aliphatic heterocycles. The van der Waals surface area contributed by atoms with Crippen LogP contribution in [0.25, 0.3) is 0 Å². The van der Waals surface area contributed by atoms with Crippen LogP contribution in [0.1, 0.15) is 20.8 Å². The highest BCUT2D eigenvalue weighted by Crippen LogP contribution is 2.30. The second-order valence-corrected chi connectivity index (χ2v) is 8.41. The number of nitrogens with zero attached hydrogens (tertiary/aromatic N) is 1. The Morgan fingerprint density at radius 2 is 1.86 bits per heavy atom. The van der Waals surface area contributed by atoms with Crippen LogP contribution in [0.15, 0.2) is 23.1 Å². The molecular formula is C13H18Cl2N2O3S. The minimum absolute atomic E-state index is 0.0535. The molecule has 0 radical (unpaired) electrons. The summed E-state index contributed by atoms with van der Waals surface area (Å²) in [5, 5.41) is 2.79. The molecule has 1 amide bonds. The van der Waals surface area contributed by atoms with E-state index in [1.54, 1.807) is 0 Å². The summed E-state index contributed by atoms with van der Waals surface area (Å²) in [7, 11) is -2.57. The van der Waals surface area contributed by atoms with E-state index >= 15 is 0 Å². The summed E-state index contributed by atoms with van der Waals surface area (Å²) >= 11 is 11.7. The molecule has 1 aromatic carbocycles. The van der Waals surface area contributed by atoms with Gasteiger partial charge in [0, 0.05) is 12.6 Å². The van der Waals surface area contributed by atoms with Gasteiger partial charge in [-0.1, -0.05) is 29.3 Å². The first-order valence-electron chi connectivity index (χ1n) is 6.16. The van der Waals surface area contributed by atoms with Crippen molar-refractivity contribution >= 4 is 39.1 Å². The first kappa shape index (κ1) is 18.2. The van der Waals surface area contributed by atoms with Crippen molar-refractivity contribution < 1.29 is 13.2 Å². The Morgan fingerprint density at radius 3 is 2.38 bits per heavy atom. The lowest BCUT2D eigenvalue weighted by Gasteiger charge is -2.23. The lowest BCUT2D eigenvalue weighted by atomic mass is 10.1. The van der Waals surface area contributed by atoms with Crippen molar-refractivity contribution in [2.75, 3.05) is 13.6 Å². The predicted octanol–water partition coefficient (Wildman–Crippen LogP) is 2.53. The van der Waals surface area contributed by atoms with Crippen molar-refractivity contribution in [2.24, 2.45) is 0 Å². The zero-order valence-corrected chi connectivity index (χ0v) is 14.6. The highest BCUT2D eigenvalue weighted by molar-refractivity contribution is 7.89. The van der Waals surface area contributed by atoms with Crippen LogP contribution in [0.5, 0.6) is 0 Å². The third-order valence-corrected chi connectivity index (χ3v) is 5.26. The Bertz CT molecular complexity index is 639. The molecule has 0 heterocycles. The quantitative estimate of drug-likeness (QED) is 0.905. The summed E-state index contributed by atoms with van der Waals surface area (Å²) in [6, 6.07) is 4.33. The van der Waals surface area contributed by atoms with Crippen LogP contribution in [0.4, 0.5) is 0 Å². The molecule has 1 N–H and O–H groups in total. The molecule has 0 spiro atoms. The van der Waals surface area contributed by atoms with Gasteiger partial charge in [0.05, 0.1) is 16.6 Å². The maximum atomic E-state index is 12.4. The molecule has 1 rings (SSSR count). The van der Waals surface area contributed by atoms with Gasteiger partial charge in [-0.15, -0.1) is 0 Å². The number of rotatable bonds is 4. The third kappa shape index (κ3) is 4.85. The van der Waals surface area contributed by atoms with Gasteiger partial charge < -0.3 is 5.32 Å². The summed E-state index contributed by atoms with van der Waals surface area (Å²) in [5.74, 6) is -0.397. The Labute approximate surface area is 135 Å². The molecule has 0 aromatic heterocycles. The third-order valence-electron chi connectivity index (χ3n) is 2.49. The van der Waals surface area contributed by atoms with E-state index in [0.29, 0.717) is 0 Å². The minimum atomic E-state index is -3.89. The number of likely N-dealkylation sites (N-methyl/N-ethyl adjacent to an activating group) is 1. The fraction of sp³-hybridized carbons (Fsp3) is 0.462. The number of hydrogen-bond donors (Lipinski definition) is 1. The Morgan fingerprint density at radius 1 is 1.29 bits per heavy atom. The first-order chi connectivity index (χ1) is 9.45. The molecule has 1 aromatic rings. The summed E-state index contributed by atoms with van der Waals surface area (Å²) < 4.78 is 25.8.